The van der Waals surface area contributed by atoms with E-state index < -0.39 is 5.54 Å². The number of nitrogens with one attached hydrogen (secondary N) is 1. The van der Waals surface area contributed by atoms with Crippen LogP contribution in [-0.2, 0) is 6.61 Å². The Labute approximate surface area is 142 Å². The number of aliphatic hydroxyl groups excluding tert-OH is 1. The van der Waals surface area contributed by atoms with Crippen LogP contribution in [-0.4, -0.2) is 30.3 Å². The van der Waals surface area contributed by atoms with Crippen LogP contribution in [0.3, 0.4) is 0 Å². The highest BCUT2D eigenvalue weighted by molar-refractivity contribution is 5.94. The highest BCUT2D eigenvalue weighted by atomic mass is 16.5. The number of carbonyl (C=O) groups excluding carboxylic acids is 1. The SMILES string of the molecule is COc1cccc(COc2ccc(C(=O)NC(C)(C)CO)cc2)c1. The Morgan fingerprint density at radius 2 is 1.83 bits per heavy atom. The van der Waals surface area contributed by atoms with Gasteiger partial charge in [-0.2, -0.15) is 0 Å². The maximum atomic E-state index is 12.1. The molecule has 24 heavy (non-hydrogen) atoms. The summed E-state index contributed by atoms with van der Waals surface area (Å²) < 4.78 is 10.9. The first kappa shape index (κ1) is 17.8. The van der Waals surface area contributed by atoms with Crippen molar-refractivity contribution in [2.24, 2.45) is 0 Å². The zero-order valence-electron chi connectivity index (χ0n) is 14.2. The summed E-state index contributed by atoms with van der Waals surface area (Å²) in [5.74, 6) is 1.24. The number of hydrogen-bond acceptors (Lipinski definition) is 4. The van der Waals surface area contributed by atoms with Crippen molar-refractivity contribution in [3.05, 3.63) is 59.7 Å². The van der Waals surface area contributed by atoms with Crippen molar-refractivity contribution in [1.29, 1.82) is 0 Å². The maximum Gasteiger partial charge on any atom is 0.251 e. The van der Waals surface area contributed by atoms with Crippen molar-refractivity contribution in [3.63, 3.8) is 0 Å². The van der Waals surface area contributed by atoms with E-state index in [-0.39, 0.29) is 12.5 Å². The van der Waals surface area contributed by atoms with Crippen molar-refractivity contribution in [2.45, 2.75) is 26.0 Å². The van der Waals surface area contributed by atoms with E-state index in [1.165, 1.54) is 0 Å². The summed E-state index contributed by atoms with van der Waals surface area (Å²) in [6.45, 7) is 3.81. The number of carbonyl (C=O) groups is 1. The molecule has 0 spiro atoms. The van der Waals surface area contributed by atoms with E-state index in [9.17, 15) is 9.90 Å². The summed E-state index contributed by atoms with van der Waals surface area (Å²) in [5.41, 5.74) is 0.865. The Morgan fingerprint density at radius 1 is 1.12 bits per heavy atom. The first-order valence-corrected chi connectivity index (χ1v) is 7.73. The van der Waals surface area contributed by atoms with Gasteiger partial charge in [0.25, 0.3) is 5.91 Å². The molecule has 0 unspecified atom stereocenters. The summed E-state index contributed by atoms with van der Waals surface area (Å²) in [6.07, 6.45) is 0. The Bertz CT molecular complexity index is 680. The van der Waals surface area contributed by atoms with Gasteiger partial charge in [0.15, 0.2) is 0 Å². The van der Waals surface area contributed by atoms with Gasteiger partial charge in [0.2, 0.25) is 0 Å². The Morgan fingerprint density at radius 3 is 2.46 bits per heavy atom. The van der Waals surface area contributed by atoms with Gasteiger partial charge in [0.1, 0.15) is 18.1 Å². The second-order valence-electron chi connectivity index (χ2n) is 6.16. The topological polar surface area (TPSA) is 67.8 Å². The van der Waals surface area contributed by atoms with Crippen LogP contribution in [0.4, 0.5) is 0 Å². The average Bonchev–Trinajstić information content (AvgIpc) is 2.60. The zero-order chi connectivity index (χ0) is 17.6. The van der Waals surface area contributed by atoms with Crippen molar-refractivity contribution >= 4 is 5.91 Å². The van der Waals surface area contributed by atoms with E-state index in [1.54, 1.807) is 45.2 Å². The van der Waals surface area contributed by atoms with E-state index in [1.807, 2.05) is 24.3 Å². The number of rotatable bonds is 7. The lowest BCUT2D eigenvalue weighted by atomic mass is 10.1. The van der Waals surface area contributed by atoms with Crippen LogP contribution in [0.2, 0.25) is 0 Å². The predicted molar refractivity (Wildman–Crippen MR) is 92.4 cm³/mol. The molecular formula is C19H23NO4. The van der Waals surface area contributed by atoms with E-state index in [2.05, 4.69) is 5.32 Å². The van der Waals surface area contributed by atoms with Crippen molar-refractivity contribution in [3.8, 4) is 11.5 Å². The number of hydrogen-bond donors (Lipinski definition) is 2. The molecule has 0 saturated heterocycles. The first-order valence-electron chi connectivity index (χ1n) is 7.73. The minimum absolute atomic E-state index is 0.125. The lowest BCUT2D eigenvalue weighted by Crippen LogP contribution is -2.46. The minimum Gasteiger partial charge on any atom is -0.497 e. The van der Waals surface area contributed by atoms with Gasteiger partial charge in [0, 0.05) is 5.56 Å². The summed E-state index contributed by atoms with van der Waals surface area (Å²) in [6, 6.07) is 14.6. The molecule has 0 bridgehead atoms. The molecule has 2 rings (SSSR count). The minimum atomic E-state index is -0.654. The molecule has 0 aliphatic carbocycles. The summed E-state index contributed by atoms with van der Waals surface area (Å²) in [5, 5.41) is 12.0. The summed E-state index contributed by atoms with van der Waals surface area (Å²) in [4.78, 5) is 12.1. The molecule has 0 radical (unpaired) electrons. The largest absolute Gasteiger partial charge is 0.497 e. The number of amides is 1. The molecule has 0 aromatic heterocycles. The van der Waals surface area contributed by atoms with Gasteiger partial charge in [-0.1, -0.05) is 12.1 Å². The summed E-state index contributed by atoms with van der Waals surface area (Å²) >= 11 is 0. The lowest BCUT2D eigenvalue weighted by molar-refractivity contribution is 0.0869. The second kappa shape index (κ2) is 7.84. The highest BCUT2D eigenvalue weighted by Crippen LogP contribution is 2.17. The van der Waals surface area contributed by atoms with Gasteiger partial charge in [-0.15, -0.1) is 0 Å². The van der Waals surface area contributed by atoms with E-state index in [0.717, 1.165) is 11.3 Å². The standard InChI is InChI=1S/C19H23NO4/c1-19(2,13-21)20-18(22)15-7-9-16(10-8-15)24-12-14-5-4-6-17(11-14)23-3/h4-11,21H,12-13H2,1-3H3,(H,20,22). The average molecular weight is 329 g/mol. The Balaban J connectivity index is 1.95. The molecule has 2 N–H and O–H groups in total. The quantitative estimate of drug-likeness (QED) is 0.820. The third-order valence-electron chi connectivity index (χ3n) is 3.50. The highest BCUT2D eigenvalue weighted by Gasteiger charge is 2.19. The fourth-order valence-corrected chi connectivity index (χ4v) is 2.05. The molecule has 0 heterocycles. The van der Waals surface area contributed by atoms with Crippen LogP contribution < -0.4 is 14.8 Å². The molecule has 0 aliphatic rings. The summed E-state index contributed by atoms with van der Waals surface area (Å²) in [7, 11) is 1.63. The van der Waals surface area contributed by atoms with Gasteiger partial charge in [-0.3, -0.25) is 4.79 Å². The van der Waals surface area contributed by atoms with Crippen LogP contribution in [0.1, 0.15) is 29.8 Å². The van der Waals surface area contributed by atoms with Crippen molar-refractivity contribution in [1.82, 2.24) is 5.32 Å². The third kappa shape index (κ3) is 4.99. The van der Waals surface area contributed by atoms with Crippen molar-refractivity contribution < 1.29 is 19.4 Å². The van der Waals surface area contributed by atoms with Gasteiger partial charge in [-0.05, 0) is 55.8 Å². The Kier molecular flexibility index (Phi) is 5.82. The molecule has 0 atom stereocenters. The Hall–Kier alpha value is -2.53. The molecule has 0 fully saturated rings. The van der Waals surface area contributed by atoms with E-state index in [4.69, 9.17) is 9.47 Å². The molecule has 2 aromatic rings. The monoisotopic (exact) mass is 329 g/mol. The van der Waals surface area contributed by atoms with E-state index in [0.29, 0.717) is 17.9 Å². The van der Waals surface area contributed by atoms with Crippen LogP contribution in [0.15, 0.2) is 48.5 Å². The van der Waals surface area contributed by atoms with Gasteiger partial charge < -0.3 is 19.9 Å². The van der Waals surface area contributed by atoms with Gasteiger partial charge in [0.05, 0.1) is 19.3 Å². The normalized spacial score (nSPS) is 11.0. The van der Waals surface area contributed by atoms with Crippen LogP contribution in [0, 0.1) is 0 Å². The second-order valence-corrected chi connectivity index (χ2v) is 6.16. The molecule has 0 saturated carbocycles. The smallest absolute Gasteiger partial charge is 0.251 e. The molecule has 2 aromatic carbocycles. The molecule has 0 aliphatic heterocycles. The zero-order valence-corrected chi connectivity index (χ0v) is 14.2. The molecule has 128 valence electrons. The van der Waals surface area contributed by atoms with Gasteiger partial charge in [-0.25, -0.2) is 0 Å². The molecule has 1 amide bonds. The number of benzene rings is 2. The maximum absolute atomic E-state index is 12.1. The molecular weight excluding hydrogens is 306 g/mol. The van der Waals surface area contributed by atoms with Crippen LogP contribution in [0.5, 0.6) is 11.5 Å². The van der Waals surface area contributed by atoms with Crippen LogP contribution >= 0.6 is 0 Å². The fourth-order valence-electron chi connectivity index (χ4n) is 2.05. The van der Waals surface area contributed by atoms with E-state index >= 15 is 0 Å². The third-order valence-corrected chi connectivity index (χ3v) is 3.50. The van der Waals surface area contributed by atoms with Gasteiger partial charge >= 0.3 is 0 Å². The molecule has 5 nitrogen and oxygen atoms in total. The first-order chi connectivity index (χ1) is 11.4. The predicted octanol–water partition coefficient (Wildman–Crippen LogP) is 2.77. The fraction of sp³-hybridized carbons (Fsp3) is 0.316. The van der Waals surface area contributed by atoms with Crippen molar-refractivity contribution in [2.75, 3.05) is 13.7 Å². The number of methoxy groups -OCH3 is 1. The number of ether oxygens (including phenoxy) is 2. The molecule has 5 heteroatoms. The lowest BCUT2D eigenvalue weighted by Gasteiger charge is -2.23. The van der Waals surface area contributed by atoms with Crippen LogP contribution in [0.25, 0.3) is 0 Å². The number of aliphatic hydroxyl groups is 1.